The number of fused-ring (bicyclic) bond motifs is 1. The van der Waals surface area contributed by atoms with Gasteiger partial charge in [-0.15, -0.1) is 0 Å². The molecule has 3 nitrogen and oxygen atoms in total. The van der Waals surface area contributed by atoms with Gasteiger partial charge in [-0.1, -0.05) is 39.5 Å². The summed E-state index contributed by atoms with van der Waals surface area (Å²) in [5.74, 6) is -0.216. The Balaban J connectivity index is 1.92. The first-order valence-corrected chi connectivity index (χ1v) is 9.28. The number of allylic oxidation sites excluding steroid dienone is 1. The van der Waals surface area contributed by atoms with Gasteiger partial charge in [0.25, 0.3) is 0 Å². The molecule has 0 saturated heterocycles. The Bertz CT molecular complexity index is 976. The molecular weight excluding hydrogens is 337 g/mol. The molecule has 0 aliphatic heterocycles. The lowest BCUT2D eigenvalue weighted by Crippen LogP contribution is -2.11. The van der Waals surface area contributed by atoms with E-state index in [1.54, 1.807) is 0 Å². The Morgan fingerprint density at radius 1 is 1.19 bits per heavy atom. The van der Waals surface area contributed by atoms with Crippen LogP contribution in [0.4, 0.5) is 10.1 Å². The molecule has 0 radical (unpaired) electrons. The summed E-state index contributed by atoms with van der Waals surface area (Å²) in [5, 5.41) is 3.51. The molecule has 1 aromatic heterocycles. The maximum atomic E-state index is 13.1. The number of aryl methyl sites for hydroxylation is 2. The predicted molar refractivity (Wildman–Crippen MR) is 112 cm³/mol. The first kappa shape index (κ1) is 19.2. The van der Waals surface area contributed by atoms with Gasteiger partial charge in [0, 0.05) is 23.5 Å². The fourth-order valence-corrected chi connectivity index (χ4v) is 3.49. The van der Waals surface area contributed by atoms with Gasteiger partial charge < -0.3 is 9.88 Å². The van der Waals surface area contributed by atoms with Crippen molar-refractivity contribution < 1.29 is 4.39 Å². The van der Waals surface area contributed by atoms with Crippen LogP contribution in [0.1, 0.15) is 43.9 Å². The highest BCUT2D eigenvalue weighted by Crippen LogP contribution is 2.32. The van der Waals surface area contributed by atoms with Gasteiger partial charge in [0.1, 0.15) is 5.82 Å². The Morgan fingerprint density at radius 2 is 1.85 bits per heavy atom. The molecule has 0 aliphatic carbocycles. The number of halogens is 1. The highest BCUT2D eigenvalue weighted by molar-refractivity contribution is 5.87. The molecule has 4 heteroatoms. The molecule has 0 amide bonds. The van der Waals surface area contributed by atoms with Crippen molar-refractivity contribution in [2.75, 3.05) is 5.32 Å². The highest BCUT2D eigenvalue weighted by atomic mass is 19.1. The number of benzene rings is 2. The van der Waals surface area contributed by atoms with Crippen molar-refractivity contribution in [3.8, 4) is 0 Å². The van der Waals surface area contributed by atoms with E-state index in [1.807, 2.05) is 18.5 Å². The molecule has 0 saturated carbocycles. The van der Waals surface area contributed by atoms with Crippen LogP contribution in [0.3, 0.4) is 0 Å². The summed E-state index contributed by atoms with van der Waals surface area (Å²) in [6, 6.07) is 8.77. The molecule has 0 spiro atoms. The lowest BCUT2D eigenvalue weighted by Gasteiger charge is -2.22. The van der Waals surface area contributed by atoms with Crippen molar-refractivity contribution in [3.63, 3.8) is 0 Å². The minimum atomic E-state index is -0.216. The smallest absolute Gasteiger partial charge is 0.123 e. The lowest BCUT2D eigenvalue weighted by atomic mass is 9.90. The summed E-state index contributed by atoms with van der Waals surface area (Å²) in [6.45, 7) is 15.7. The first-order chi connectivity index (χ1) is 12.6. The summed E-state index contributed by atoms with van der Waals surface area (Å²) >= 11 is 0. The van der Waals surface area contributed by atoms with Crippen LogP contribution in [0.15, 0.2) is 48.9 Å². The zero-order valence-electron chi connectivity index (χ0n) is 16.9. The Labute approximate surface area is 160 Å². The van der Waals surface area contributed by atoms with Crippen molar-refractivity contribution in [1.29, 1.82) is 0 Å². The molecule has 3 rings (SSSR count). The molecule has 27 heavy (non-hydrogen) atoms. The fourth-order valence-electron chi connectivity index (χ4n) is 3.49. The number of aromatic nitrogens is 2. The number of rotatable bonds is 5. The SMILES string of the molecule is C=C(CC(C)(C)C)Nc1c(C)cc2c(ncn2Cc2ccc(F)cc2)c1C. The average molecular weight is 365 g/mol. The maximum Gasteiger partial charge on any atom is 0.123 e. The van der Waals surface area contributed by atoms with Gasteiger partial charge in [0.2, 0.25) is 0 Å². The lowest BCUT2D eigenvalue weighted by molar-refractivity contribution is 0.411. The van der Waals surface area contributed by atoms with Gasteiger partial charge in [0.05, 0.1) is 17.4 Å². The summed E-state index contributed by atoms with van der Waals surface area (Å²) in [4.78, 5) is 4.63. The Kier molecular flexibility index (Phi) is 5.09. The molecule has 1 heterocycles. The van der Waals surface area contributed by atoms with Gasteiger partial charge in [-0.05, 0) is 55.0 Å². The third-order valence-electron chi connectivity index (χ3n) is 4.67. The van der Waals surface area contributed by atoms with Gasteiger partial charge in [0.15, 0.2) is 0 Å². The monoisotopic (exact) mass is 365 g/mol. The van der Waals surface area contributed by atoms with Crippen LogP contribution < -0.4 is 5.32 Å². The summed E-state index contributed by atoms with van der Waals surface area (Å²) in [5.41, 5.74) is 7.69. The second kappa shape index (κ2) is 7.18. The molecule has 1 N–H and O–H groups in total. The van der Waals surface area contributed by atoms with Crippen molar-refractivity contribution in [2.45, 2.75) is 47.6 Å². The molecule has 0 aliphatic rings. The van der Waals surface area contributed by atoms with Crippen LogP contribution in [0.25, 0.3) is 11.0 Å². The van der Waals surface area contributed by atoms with Crippen LogP contribution in [-0.4, -0.2) is 9.55 Å². The van der Waals surface area contributed by atoms with E-state index in [0.29, 0.717) is 6.54 Å². The summed E-state index contributed by atoms with van der Waals surface area (Å²) < 4.78 is 15.3. The number of anilines is 1. The van der Waals surface area contributed by atoms with Crippen LogP contribution in [0.2, 0.25) is 0 Å². The van der Waals surface area contributed by atoms with Crippen LogP contribution >= 0.6 is 0 Å². The topological polar surface area (TPSA) is 29.9 Å². The van der Waals surface area contributed by atoms with E-state index in [-0.39, 0.29) is 11.2 Å². The summed E-state index contributed by atoms with van der Waals surface area (Å²) in [7, 11) is 0. The van der Waals surface area contributed by atoms with E-state index in [1.165, 1.54) is 12.1 Å². The molecular formula is C23H28FN3. The molecule has 3 aromatic rings. The first-order valence-electron chi connectivity index (χ1n) is 9.28. The number of nitrogens with one attached hydrogen (secondary N) is 1. The third kappa shape index (κ3) is 4.38. The van der Waals surface area contributed by atoms with E-state index in [4.69, 9.17) is 0 Å². The highest BCUT2D eigenvalue weighted by Gasteiger charge is 2.16. The quantitative estimate of drug-likeness (QED) is 0.583. The van der Waals surface area contributed by atoms with E-state index >= 15 is 0 Å². The molecule has 0 fully saturated rings. The van der Waals surface area contributed by atoms with Gasteiger partial charge in [-0.2, -0.15) is 0 Å². The van der Waals surface area contributed by atoms with Crippen molar-refractivity contribution >= 4 is 16.7 Å². The predicted octanol–water partition coefficient (Wildman–Crippen LogP) is 6.20. The molecule has 142 valence electrons. The van der Waals surface area contributed by atoms with Crippen LogP contribution in [-0.2, 0) is 6.54 Å². The van der Waals surface area contributed by atoms with E-state index < -0.39 is 0 Å². The van der Waals surface area contributed by atoms with Crippen molar-refractivity contribution in [3.05, 3.63) is 71.4 Å². The maximum absolute atomic E-state index is 13.1. The normalized spacial score (nSPS) is 11.8. The minimum absolute atomic E-state index is 0.187. The average Bonchev–Trinajstić information content (AvgIpc) is 2.95. The molecule has 0 unspecified atom stereocenters. The van der Waals surface area contributed by atoms with E-state index in [2.05, 4.69) is 62.1 Å². The van der Waals surface area contributed by atoms with Gasteiger partial charge in [-0.3, -0.25) is 0 Å². The second-order valence-electron chi connectivity index (χ2n) is 8.53. The number of hydrogen-bond donors (Lipinski definition) is 1. The second-order valence-corrected chi connectivity index (χ2v) is 8.53. The van der Waals surface area contributed by atoms with E-state index in [0.717, 1.165) is 45.5 Å². The standard InChI is InChI=1S/C23H28FN3/c1-15-11-20-22(17(3)21(15)26-16(2)12-23(4,5)6)25-14-27(20)13-18-7-9-19(24)10-8-18/h7-11,14,26H,2,12-13H2,1,3-6H3. The van der Waals surface area contributed by atoms with Crippen molar-refractivity contribution in [2.24, 2.45) is 5.41 Å². The van der Waals surface area contributed by atoms with Gasteiger partial charge in [-0.25, -0.2) is 9.37 Å². The number of nitrogens with zero attached hydrogens (tertiary/aromatic N) is 2. The summed E-state index contributed by atoms with van der Waals surface area (Å²) in [6.07, 6.45) is 2.76. The minimum Gasteiger partial charge on any atom is -0.359 e. The molecule has 0 atom stereocenters. The zero-order chi connectivity index (χ0) is 19.8. The van der Waals surface area contributed by atoms with E-state index in [9.17, 15) is 4.39 Å². The van der Waals surface area contributed by atoms with Crippen molar-refractivity contribution in [1.82, 2.24) is 9.55 Å². The number of hydrogen-bond acceptors (Lipinski definition) is 2. The largest absolute Gasteiger partial charge is 0.359 e. The Hall–Kier alpha value is -2.62. The fraction of sp³-hybridized carbons (Fsp3) is 0.348. The van der Waals surface area contributed by atoms with Crippen LogP contribution in [0, 0.1) is 25.1 Å². The zero-order valence-corrected chi connectivity index (χ0v) is 16.9. The molecule has 2 aromatic carbocycles. The van der Waals surface area contributed by atoms with Crippen LogP contribution in [0.5, 0.6) is 0 Å². The van der Waals surface area contributed by atoms with Gasteiger partial charge >= 0.3 is 0 Å². The Morgan fingerprint density at radius 3 is 2.48 bits per heavy atom. The third-order valence-corrected chi connectivity index (χ3v) is 4.67. The molecule has 0 bridgehead atoms. The number of imidazole rings is 1.